The Morgan fingerprint density at radius 2 is 1.51 bits per heavy atom. The van der Waals surface area contributed by atoms with E-state index in [-0.39, 0.29) is 11.9 Å². The van der Waals surface area contributed by atoms with Gasteiger partial charge in [-0.3, -0.25) is 28.8 Å². The molecule has 0 saturated carbocycles. The summed E-state index contributed by atoms with van der Waals surface area (Å²) in [5, 5.41) is 2.32. The first-order valence-corrected chi connectivity index (χ1v) is 12.8. The van der Waals surface area contributed by atoms with Gasteiger partial charge in [-0.1, -0.05) is 15.9 Å². The molecule has 0 spiro atoms. The number of amides is 1. The van der Waals surface area contributed by atoms with Crippen LogP contribution in [-0.2, 0) is 66.7 Å². The summed E-state index contributed by atoms with van der Waals surface area (Å²) in [5.74, 6) is -8.83. The summed E-state index contributed by atoms with van der Waals surface area (Å²) in [5.41, 5.74) is 0. The van der Waals surface area contributed by atoms with E-state index in [1.165, 1.54) is 6.92 Å². The van der Waals surface area contributed by atoms with Gasteiger partial charge in [-0.25, -0.2) is 4.79 Å². The molecule has 0 aromatic rings. The molecule has 1 heterocycles. The van der Waals surface area contributed by atoms with Crippen molar-refractivity contribution in [2.45, 2.75) is 84.2 Å². The van der Waals surface area contributed by atoms with Crippen molar-refractivity contribution in [1.82, 2.24) is 5.32 Å². The van der Waals surface area contributed by atoms with Gasteiger partial charge in [0.25, 0.3) is 0 Å². The van der Waals surface area contributed by atoms with Crippen LogP contribution in [-0.4, -0.2) is 96.5 Å². The predicted molar refractivity (Wildman–Crippen MR) is 130 cm³/mol. The van der Waals surface area contributed by atoms with Crippen LogP contribution in [0, 0.1) is 0 Å². The molecule has 1 amide bonds. The average molecular weight is 626 g/mol. The zero-order chi connectivity index (χ0) is 29.9. The van der Waals surface area contributed by atoms with Crippen molar-refractivity contribution in [3.8, 4) is 0 Å². The minimum Gasteiger partial charge on any atom is -0.462 e. The maximum atomic E-state index is 13.1. The van der Waals surface area contributed by atoms with Gasteiger partial charge in [0, 0.05) is 34.6 Å². The molecule has 1 N–H and O–H groups in total. The van der Waals surface area contributed by atoms with Crippen molar-refractivity contribution in [3.63, 3.8) is 0 Å². The second-order valence-corrected chi connectivity index (χ2v) is 8.81. The molecule has 1 aliphatic heterocycles. The Morgan fingerprint density at radius 3 is 1.97 bits per heavy atom. The molecule has 220 valence electrons. The number of nitrogens with one attached hydrogen (secondary N) is 1. The number of carbonyl (C=O) groups is 7. The van der Waals surface area contributed by atoms with Crippen molar-refractivity contribution in [2.75, 3.05) is 18.5 Å². The molecule has 0 aromatic heterocycles. The summed E-state index contributed by atoms with van der Waals surface area (Å²) in [6.45, 7) is 5.79. The minimum absolute atomic E-state index is 0.173. The van der Waals surface area contributed by atoms with Gasteiger partial charge in [0.15, 0.2) is 12.2 Å². The molecular weight excluding hydrogens is 594 g/mol. The molecule has 0 unspecified atom stereocenters. The molecule has 16 heteroatoms. The third kappa shape index (κ3) is 10.4. The van der Waals surface area contributed by atoms with Crippen molar-refractivity contribution in [2.24, 2.45) is 0 Å². The SMILES string of the molecule is CCOC(=O)[C@@]1(OC(C)=O)C[C@H](OC(C)=O)[C@@H](NC(=O)CBr)[C@H]([C@H](OC(C)=O)[C@@H](COC(C)=O)OC(C)=O)O1. The third-order valence-electron chi connectivity index (χ3n) is 4.97. The molecule has 0 aliphatic carbocycles. The molecule has 1 fully saturated rings. The number of halogens is 1. The van der Waals surface area contributed by atoms with Crippen molar-refractivity contribution in [1.29, 1.82) is 0 Å². The quantitative estimate of drug-likeness (QED) is 0.170. The Hall–Kier alpha value is -3.27. The normalized spacial score (nSPS) is 23.7. The standard InChI is InChI=1S/C23H32BrNO14/c1-7-33-22(32)23(38-15(6)30)8-16(35-12(3)27)19(25-18(31)9-24)21(39-23)20(37-14(5)29)17(36-13(4)28)10-34-11(2)26/h16-17,19-21H,7-10H2,1-6H3,(H,25,31)/t16-,17+,19+,20+,21+,23+/m0/s1. The van der Waals surface area contributed by atoms with Gasteiger partial charge in [-0.05, 0) is 6.92 Å². The molecule has 15 nitrogen and oxygen atoms in total. The highest BCUT2D eigenvalue weighted by Crippen LogP contribution is 2.37. The Bertz CT molecular complexity index is 955. The Balaban J connectivity index is 3.88. The van der Waals surface area contributed by atoms with Crippen LogP contribution in [0.1, 0.15) is 48.0 Å². The van der Waals surface area contributed by atoms with Crippen molar-refractivity contribution >= 4 is 57.7 Å². The fourth-order valence-corrected chi connectivity index (χ4v) is 3.97. The molecule has 1 saturated heterocycles. The van der Waals surface area contributed by atoms with E-state index in [0.29, 0.717) is 0 Å². The van der Waals surface area contributed by atoms with E-state index in [1.54, 1.807) is 0 Å². The first-order chi connectivity index (χ1) is 18.1. The lowest BCUT2D eigenvalue weighted by Crippen LogP contribution is -2.69. The maximum absolute atomic E-state index is 13.1. The van der Waals surface area contributed by atoms with Crippen LogP contribution in [0.4, 0.5) is 0 Å². The molecule has 6 atom stereocenters. The lowest BCUT2D eigenvalue weighted by molar-refractivity contribution is -0.304. The minimum atomic E-state index is -2.55. The molecule has 0 radical (unpaired) electrons. The molecule has 0 aromatic carbocycles. The topological polar surface area (TPSA) is 196 Å². The van der Waals surface area contributed by atoms with Crippen molar-refractivity contribution < 1.29 is 66.7 Å². The number of ether oxygens (including phenoxy) is 7. The summed E-state index contributed by atoms with van der Waals surface area (Å²) >= 11 is 2.99. The van der Waals surface area contributed by atoms with E-state index in [2.05, 4.69) is 21.2 Å². The molecule has 1 aliphatic rings. The summed E-state index contributed by atoms with van der Waals surface area (Å²) in [6, 6.07) is -1.38. The summed E-state index contributed by atoms with van der Waals surface area (Å²) in [4.78, 5) is 85.3. The van der Waals surface area contributed by atoms with Crippen LogP contribution in [0.15, 0.2) is 0 Å². The highest BCUT2D eigenvalue weighted by Gasteiger charge is 2.60. The van der Waals surface area contributed by atoms with Crippen LogP contribution >= 0.6 is 15.9 Å². The Labute approximate surface area is 232 Å². The third-order valence-corrected chi connectivity index (χ3v) is 5.48. The molecule has 39 heavy (non-hydrogen) atoms. The number of esters is 6. The van der Waals surface area contributed by atoms with Crippen LogP contribution in [0.25, 0.3) is 0 Å². The lowest BCUT2D eigenvalue weighted by Gasteiger charge is -2.48. The number of carbonyl (C=O) groups excluding carboxylic acids is 7. The van der Waals surface area contributed by atoms with E-state index in [1.807, 2.05) is 0 Å². The Morgan fingerprint density at radius 1 is 0.897 bits per heavy atom. The molecule has 1 rings (SSSR count). The van der Waals surface area contributed by atoms with E-state index in [9.17, 15) is 33.6 Å². The number of hydrogen-bond acceptors (Lipinski definition) is 14. The summed E-state index contributed by atoms with van der Waals surface area (Å²) in [6.07, 6.45) is -7.05. The fraction of sp³-hybridized carbons (Fsp3) is 0.696. The zero-order valence-electron chi connectivity index (χ0n) is 22.3. The van der Waals surface area contributed by atoms with Gasteiger partial charge < -0.3 is 38.5 Å². The maximum Gasteiger partial charge on any atom is 0.379 e. The zero-order valence-corrected chi connectivity index (χ0v) is 23.9. The second-order valence-electron chi connectivity index (χ2n) is 8.25. The summed E-state index contributed by atoms with van der Waals surface area (Å²) < 4.78 is 37.2. The predicted octanol–water partition coefficient (Wildman–Crippen LogP) is -0.164. The highest BCUT2D eigenvalue weighted by molar-refractivity contribution is 9.09. The van der Waals surface area contributed by atoms with E-state index in [0.717, 1.165) is 34.6 Å². The molecular formula is C23H32BrNO14. The lowest BCUT2D eigenvalue weighted by atomic mass is 9.88. The van der Waals surface area contributed by atoms with Crippen LogP contribution in [0.5, 0.6) is 0 Å². The first kappa shape index (κ1) is 33.8. The average Bonchev–Trinajstić information content (AvgIpc) is 2.80. The Kier molecular flexibility index (Phi) is 13.3. The molecule has 0 bridgehead atoms. The van der Waals surface area contributed by atoms with Gasteiger partial charge in [0.2, 0.25) is 5.91 Å². The van der Waals surface area contributed by atoms with Crippen LogP contribution in [0.2, 0.25) is 0 Å². The van der Waals surface area contributed by atoms with Crippen molar-refractivity contribution in [3.05, 3.63) is 0 Å². The van der Waals surface area contributed by atoms with E-state index in [4.69, 9.17) is 33.2 Å². The van der Waals surface area contributed by atoms with Gasteiger partial charge in [0.1, 0.15) is 18.8 Å². The van der Waals surface area contributed by atoms with E-state index >= 15 is 0 Å². The number of hydrogen-bond donors (Lipinski definition) is 1. The fourth-order valence-electron chi connectivity index (χ4n) is 3.81. The number of rotatable bonds is 12. The summed E-state index contributed by atoms with van der Waals surface area (Å²) in [7, 11) is 0. The smallest absolute Gasteiger partial charge is 0.379 e. The number of alkyl halides is 1. The van der Waals surface area contributed by atoms with E-state index < -0.39 is 91.0 Å². The first-order valence-electron chi connectivity index (χ1n) is 11.7. The van der Waals surface area contributed by atoms with Crippen LogP contribution in [0.3, 0.4) is 0 Å². The largest absolute Gasteiger partial charge is 0.462 e. The van der Waals surface area contributed by atoms with Gasteiger partial charge in [0.05, 0.1) is 24.4 Å². The monoisotopic (exact) mass is 625 g/mol. The van der Waals surface area contributed by atoms with Crippen LogP contribution < -0.4 is 5.32 Å². The van der Waals surface area contributed by atoms with Gasteiger partial charge in [-0.2, -0.15) is 0 Å². The van der Waals surface area contributed by atoms with Gasteiger partial charge in [-0.15, -0.1) is 0 Å². The second kappa shape index (κ2) is 15.4. The highest BCUT2D eigenvalue weighted by atomic mass is 79.9. The van der Waals surface area contributed by atoms with Gasteiger partial charge >= 0.3 is 41.6 Å².